The Labute approximate surface area is 99.5 Å². The van der Waals surface area contributed by atoms with Crippen molar-refractivity contribution in [2.45, 2.75) is 17.9 Å². The summed E-state index contributed by atoms with van der Waals surface area (Å²) >= 11 is 0. The first-order valence-corrected chi connectivity index (χ1v) is 7.01. The van der Waals surface area contributed by atoms with Gasteiger partial charge in [0.2, 0.25) is 10.0 Å². The number of aliphatic carboxylic acids is 1. The summed E-state index contributed by atoms with van der Waals surface area (Å²) in [5.41, 5.74) is -0.474. The number of nitrogens with one attached hydrogen (secondary N) is 1. The largest absolute Gasteiger partial charge is 0.481 e. The SMILES string of the molecule is CS(=O)(=O)NC1CC1(C(=O)O)c1ccccc1. The quantitative estimate of drug-likeness (QED) is 0.812. The van der Waals surface area contributed by atoms with E-state index in [1.54, 1.807) is 30.3 Å². The van der Waals surface area contributed by atoms with Gasteiger partial charge < -0.3 is 5.11 Å². The fourth-order valence-electron chi connectivity index (χ4n) is 2.08. The standard InChI is InChI=1S/C11H13NO4S/c1-17(15,16)12-9-7-11(9,10(13)14)8-5-3-2-4-6-8/h2-6,9,12H,7H2,1H3,(H,13,14). The summed E-state index contributed by atoms with van der Waals surface area (Å²) in [6.07, 6.45) is 1.32. The zero-order valence-electron chi connectivity index (χ0n) is 9.25. The molecular formula is C11H13NO4S. The van der Waals surface area contributed by atoms with Crippen molar-refractivity contribution in [3.8, 4) is 0 Å². The molecule has 0 aromatic heterocycles. The Bertz CT molecular complexity index is 540. The Kier molecular flexibility index (Phi) is 2.71. The number of hydrogen-bond acceptors (Lipinski definition) is 3. The van der Waals surface area contributed by atoms with Crippen molar-refractivity contribution in [2.75, 3.05) is 6.26 Å². The maximum atomic E-state index is 11.3. The zero-order chi connectivity index (χ0) is 12.7. The molecule has 0 bridgehead atoms. The first kappa shape index (κ1) is 12.1. The first-order chi connectivity index (χ1) is 7.86. The van der Waals surface area contributed by atoms with Crippen molar-refractivity contribution in [3.05, 3.63) is 35.9 Å². The van der Waals surface area contributed by atoms with E-state index in [1.807, 2.05) is 0 Å². The molecule has 2 atom stereocenters. The second-order valence-electron chi connectivity index (χ2n) is 4.29. The summed E-state index contributed by atoms with van der Waals surface area (Å²) in [6.45, 7) is 0. The lowest BCUT2D eigenvalue weighted by molar-refractivity contribution is -0.140. The molecule has 1 aliphatic rings. The van der Waals surface area contributed by atoms with E-state index < -0.39 is 27.4 Å². The van der Waals surface area contributed by atoms with E-state index in [4.69, 9.17) is 0 Å². The van der Waals surface area contributed by atoms with E-state index in [0.29, 0.717) is 12.0 Å². The van der Waals surface area contributed by atoms with Crippen molar-refractivity contribution < 1.29 is 18.3 Å². The van der Waals surface area contributed by atoms with Crippen LogP contribution >= 0.6 is 0 Å². The van der Waals surface area contributed by atoms with Crippen LogP contribution in [0.2, 0.25) is 0 Å². The number of hydrogen-bond donors (Lipinski definition) is 2. The molecule has 0 radical (unpaired) electrons. The average molecular weight is 255 g/mol. The molecule has 1 saturated carbocycles. The van der Waals surface area contributed by atoms with Gasteiger partial charge in [0.1, 0.15) is 5.41 Å². The smallest absolute Gasteiger partial charge is 0.315 e. The number of rotatable bonds is 4. The van der Waals surface area contributed by atoms with Gasteiger partial charge in [-0.2, -0.15) is 0 Å². The summed E-state index contributed by atoms with van der Waals surface area (Å²) in [4.78, 5) is 11.3. The molecule has 2 N–H and O–H groups in total. The fraction of sp³-hybridized carbons (Fsp3) is 0.364. The maximum absolute atomic E-state index is 11.3. The molecule has 1 aliphatic carbocycles. The Morgan fingerprint density at radius 3 is 2.47 bits per heavy atom. The molecule has 2 rings (SSSR count). The highest BCUT2D eigenvalue weighted by atomic mass is 32.2. The number of benzene rings is 1. The van der Waals surface area contributed by atoms with E-state index >= 15 is 0 Å². The van der Waals surface area contributed by atoms with Gasteiger partial charge in [0.25, 0.3) is 0 Å². The van der Waals surface area contributed by atoms with E-state index in [9.17, 15) is 18.3 Å². The molecule has 0 saturated heterocycles. The molecule has 1 aromatic rings. The van der Waals surface area contributed by atoms with Gasteiger partial charge in [-0.1, -0.05) is 30.3 Å². The van der Waals surface area contributed by atoms with Crippen LogP contribution in [-0.4, -0.2) is 31.8 Å². The van der Waals surface area contributed by atoms with Crippen LogP contribution in [-0.2, 0) is 20.2 Å². The monoisotopic (exact) mass is 255 g/mol. The third-order valence-electron chi connectivity index (χ3n) is 2.99. The van der Waals surface area contributed by atoms with Crippen LogP contribution in [0.4, 0.5) is 0 Å². The lowest BCUT2D eigenvalue weighted by atomic mass is 9.95. The van der Waals surface area contributed by atoms with E-state index in [0.717, 1.165) is 6.26 Å². The van der Waals surface area contributed by atoms with Crippen molar-refractivity contribution in [3.63, 3.8) is 0 Å². The van der Waals surface area contributed by atoms with E-state index in [1.165, 1.54) is 0 Å². The minimum absolute atomic E-state index is 0.291. The normalized spacial score (nSPS) is 27.7. The molecule has 5 nitrogen and oxygen atoms in total. The molecule has 0 aliphatic heterocycles. The average Bonchev–Trinajstić information content (AvgIpc) is 2.92. The highest BCUT2D eigenvalue weighted by Gasteiger charge is 2.62. The van der Waals surface area contributed by atoms with Gasteiger partial charge in [0.15, 0.2) is 0 Å². The highest BCUT2D eigenvalue weighted by Crippen LogP contribution is 2.48. The van der Waals surface area contributed by atoms with Crippen molar-refractivity contribution >= 4 is 16.0 Å². The van der Waals surface area contributed by atoms with Crippen molar-refractivity contribution in [2.24, 2.45) is 0 Å². The van der Waals surface area contributed by atoms with Crippen molar-refractivity contribution in [1.29, 1.82) is 0 Å². The third kappa shape index (κ3) is 2.18. The third-order valence-corrected chi connectivity index (χ3v) is 3.70. The minimum atomic E-state index is -3.39. The Balaban J connectivity index is 2.31. The molecule has 1 fully saturated rings. The maximum Gasteiger partial charge on any atom is 0.315 e. The zero-order valence-corrected chi connectivity index (χ0v) is 10.1. The highest BCUT2D eigenvalue weighted by molar-refractivity contribution is 7.88. The van der Waals surface area contributed by atoms with Crippen LogP contribution in [0.1, 0.15) is 12.0 Å². The Morgan fingerprint density at radius 1 is 1.41 bits per heavy atom. The number of carboxylic acids is 1. The van der Waals surface area contributed by atoms with Crippen LogP contribution < -0.4 is 4.72 Å². The Morgan fingerprint density at radius 2 is 2.00 bits per heavy atom. The number of sulfonamides is 1. The molecule has 6 heteroatoms. The lowest BCUT2D eigenvalue weighted by Gasteiger charge is -2.12. The van der Waals surface area contributed by atoms with Gasteiger partial charge in [-0.3, -0.25) is 4.79 Å². The molecule has 17 heavy (non-hydrogen) atoms. The van der Waals surface area contributed by atoms with Crippen LogP contribution in [0.25, 0.3) is 0 Å². The van der Waals surface area contributed by atoms with Crippen LogP contribution in [0.15, 0.2) is 30.3 Å². The predicted octanol–water partition coefficient (Wildman–Crippen LogP) is 0.331. The van der Waals surface area contributed by atoms with Gasteiger partial charge >= 0.3 is 5.97 Å². The molecule has 0 heterocycles. The van der Waals surface area contributed by atoms with Crippen LogP contribution in [0.3, 0.4) is 0 Å². The predicted molar refractivity (Wildman–Crippen MR) is 62.1 cm³/mol. The number of carboxylic acid groups (broad SMARTS) is 1. The van der Waals surface area contributed by atoms with Crippen LogP contribution in [0.5, 0.6) is 0 Å². The summed E-state index contributed by atoms with van der Waals surface area (Å²) in [5.74, 6) is -0.996. The molecule has 2 unspecified atom stereocenters. The second kappa shape index (κ2) is 3.82. The summed E-state index contributed by atoms with van der Waals surface area (Å²) in [7, 11) is -3.39. The molecule has 92 valence electrons. The first-order valence-electron chi connectivity index (χ1n) is 5.12. The summed E-state index contributed by atoms with van der Waals surface area (Å²) in [5, 5.41) is 9.29. The van der Waals surface area contributed by atoms with Gasteiger partial charge in [-0.25, -0.2) is 13.1 Å². The Hall–Kier alpha value is -1.40. The molecule has 1 aromatic carbocycles. The van der Waals surface area contributed by atoms with Gasteiger partial charge in [0.05, 0.1) is 6.26 Å². The lowest BCUT2D eigenvalue weighted by Crippen LogP contribution is -2.34. The molecule has 0 amide bonds. The summed E-state index contributed by atoms with van der Waals surface area (Å²) in [6, 6.07) is 8.14. The van der Waals surface area contributed by atoms with Gasteiger partial charge in [-0.05, 0) is 12.0 Å². The van der Waals surface area contributed by atoms with E-state index in [2.05, 4.69) is 4.72 Å². The van der Waals surface area contributed by atoms with Gasteiger partial charge in [-0.15, -0.1) is 0 Å². The van der Waals surface area contributed by atoms with Gasteiger partial charge in [0, 0.05) is 6.04 Å². The fourth-order valence-corrected chi connectivity index (χ4v) is 2.88. The topological polar surface area (TPSA) is 83.5 Å². The van der Waals surface area contributed by atoms with E-state index in [-0.39, 0.29) is 0 Å². The minimum Gasteiger partial charge on any atom is -0.481 e. The van der Waals surface area contributed by atoms with Crippen LogP contribution in [0, 0.1) is 0 Å². The molecule has 0 spiro atoms. The molecular weight excluding hydrogens is 242 g/mol. The van der Waals surface area contributed by atoms with Crippen molar-refractivity contribution in [1.82, 2.24) is 4.72 Å². The second-order valence-corrected chi connectivity index (χ2v) is 6.07. The summed E-state index contributed by atoms with van der Waals surface area (Å²) < 4.78 is 24.6. The number of carbonyl (C=O) groups is 1.